The summed E-state index contributed by atoms with van der Waals surface area (Å²) in [6.45, 7) is 2.46. The third-order valence-corrected chi connectivity index (χ3v) is 8.05. The highest BCUT2D eigenvalue weighted by Gasteiger charge is 2.33. The Hall–Kier alpha value is -2.83. The fourth-order valence-electron chi connectivity index (χ4n) is 3.80. The van der Waals surface area contributed by atoms with Crippen molar-refractivity contribution in [2.24, 2.45) is 0 Å². The molecule has 2 heterocycles. The maximum absolute atomic E-state index is 14.8. The van der Waals surface area contributed by atoms with Gasteiger partial charge in [-0.05, 0) is 49.6 Å². The number of nitrogens with zero attached hydrogens (tertiary/aromatic N) is 2. The van der Waals surface area contributed by atoms with E-state index in [1.165, 1.54) is 17.0 Å². The molecular formula is C21H22F2N4O4S2. The molecule has 0 bridgehead atoms. The van der Waals surface area contributed by atoms with Crippen molar-refractivity contribution in [3.63, 3.8) is 0 Å². The molecule has 12 heteroatoms. The average Bonchev–Trinajstić information content (AvgIpc) is 3.12. The van der Waals surface area contributed by atoms with Crippen molar-refractivity contribution in [3.05, 3.63) is 47.5 Å². The summed E-state index contributed by atoms with van der Waals surface area (Å²) in [5, 5.41) is 10.4. The first-order valence-corrected chi connectivity index (χ1v) is 12.5. The largest absolute Gasteiger partial charge is 0.390 e. The van der Waals surface area contributed by atoms with Crippen LogP contribution in [0.15, 0.2) is 35.2 Å². The second-order valence-corrected chi connectivity index (χ2v) is 10.7. The van der Waals surface area contributed by atoms with Crippen LogP contribution in [-0.4, -0.2) is 48.0 Å². The van der Waals surface area contributed by atoms with Crippen LogP contribution in [0.25, 0.3) is 10.2 Å². The van der Waals surface area contributed by atoms with Crippen LogP contribution in [0.2, 0.25) is 0 Å². The van der Waals surface area contributed by atoms with Crippen LogP contribution in [0.3, 0.4) is 0 Å². The molecule has 0 saturated carbocycles. The molecule has 0 atom stereocenters. The zero-order valence-corrected chi connectivity index (χ0v) is 19.3. The van der Waals surface area contributed by atoms with Crippen LogP contribution in [-0.2, 0) is 10.0 Å². The number of halogens is 2. The second-order valence-electron chi connectivity index (χ2n) is 7.97. The first-order valence-electron chi connectivity index (χ1n) is 10.2. The average molecular weight is 497 g/mol. The van der Waals surface area contributed by atoms with Crippen molar-refractivity contribution in [1.82, 2.24) is 9.88 Å². The molecule has 1 fully saturated rings. The molecule has 4 rings (SSSR count). The smallest absolute Gasteiger partial charge is 0.264 e. The van der Waals surface area contributed by atoms with Crippen LogP contribution in [0, 0.1) is 11.6 Å². The molecule has 1 amide bonds. The molecule has 1 aliphatic rings. The molecule has 0 spiro atoms. The standard InChI is InChI=1S/C21H22F2N4O4S2/c1-2-21(29)5-7-27(8-6-21)19(28)14-4-3-13(11-15(14)23)26-33(30,31)17-10-12(22)9-16-18(17)25-20(24)32-16/h3-4,9-11,26,29H,2,5-8H2,1H3,(H2,24,25). The van der Waals surface area contributed by atoms with E-state index >= 15 is 0 Å². The number of amides is 1. The Morgan fingerprint density at radius 3 is 2.61 bits per heavy atom. The van der Waals surface area contributed by atoms with Gasteiger partial charge < -0.3 is 15.7 Å². The Bertz CT molecular complexity index is 1340. The van der Waals surface area contributed by atoms with E-state index in [2.05, 4.69) is 9.71 Å². The fraction of sp³-hybridized carbons (Fsp3) is 0.333. The molecule has 1 saturated heterocycles. The van der Waals surface area contributed by atoms with Gasteiger partial charge in [0.05, 0.1) is 21.6 Å². The zero-order chi connectivity index (χ0) is 24.0. The highest BCUT2D eigenvalue weighted by molar-refractivity contribution is 7.93. The molecule has 1 aliphatic heterocycles. The number of aromatic nitrogens is 1. The number of rotatable bonds is 5. The van der Waals surface area contributed by atoms with Crippen molar-refractivity contribution in [2.75, 3.05) is 23.5 Å². The van der Waals surface area contributed by atoms with E-state index in [1.54, 1.807) is 0 Å². The molecular weight excluding hydrogens is 474 g/mol. The van der Waals surface area contributed by atoms with Gasteiger partial charge in [-0.1, -0.05) is 18.3 Å². The number of nitrogen functional groups attached to an aromatic ring is 1. The summed E-state index contributed by atoms with van der Waals surface area (Å²) in [4.78, 5) is 17.7. The normalized spacial score (nSPS) is 16.2. The SMILES string of the molecule is CCC1(O)CCN(C(=O)c2ccc(NS(=O)(=O)c3cc(F)cc4sc(N)nc34)cc2F)CC1. The maximum atomic E-state index is 14.8. The van der Waals surface area contributed by atoms with E-state index in [1.807, 2.05) is 6.92 Å². The Labute approximate surface area is 193 Å². The quantitative estimate of drug-likeness (QED) is 0.498. The highest BCUT2D eigenvalue weighted by Crippen LogP contribution is 2.32. The minimum Gasteiger partial charge on any atom is -0.390 e. The van der Waals surface area contributed by atoms with E-state index in [4.69, 9.17) is 5.73 Å². The summed E-state index contributed by atoms with van der Waals surface area (Å²) in [5.74, 6) is -2.22. The van der Waals surface area contributed by atoms with Gasteiger partial charge in [0.1, 0.15) is 22.0 Å². The lowest BCUT2D eigenvalue weighted by molar-refractivity contribution is -0.0194. The van der Waals surface area contributed by atoms with Crippen LogP contribution in [0.5, 0.6) is 0 Å². The topological polar surface area (TPSA) is 126 Å². The lowest BCUT2D eigenvalue weighted by Crippen LogP contribution is -2.46. The summed E-state index contributed by atoms with van der Waals surface area (Å²) in [7, 11) is -4.33. The van der Waals surface area contributed by atoms with Crippen molar-refractivity contribution in [1.29, 1.82) is 0 Å². The van der Waals surface area contributed by atoms with Crippen molar-refractivity contribution in [3.8, 4) is 0 Å². The third-order valence-electron chi connectivity index (χ3n) is 5.82. The summed E-state index contributed by atoms with van der Waals surface area (Å²) in [6, 6.07) is 5.28. The number of sulfonamides is 1. The molecule has 1 aromatic heterocycles. The fourth-order valence-corrected chi connectivity index (χ4v) is 5.88. The van der Waals surface area contributed by atoms with E-state index in [0.717, 1.165) is 29.5 Å². The lowest BCUT2D eigenvalue weighted by atomic mass is 9.89. The molecule has 4 N–H and O–H groups in total. The Morgan fingerprint density at radius 1 is 1.27 bits per heavy atom. The summed E-state index contributed by atoms with van der Waals surface area (Å²) in [5.41, 5.74) is 4.47. The number of benzene rings is 2. The summed E-state index contributed by atoms with van der Waals surface area (Å²) >= 11 is 0.942. The first-order chi connectivity index (χ1) is 15.5. The van der Waals surface area contributed by atoms with E-state index in [9.17, 15) is 27.1 Å². The number of hydrogen-bond acceptors (Lipinski definition) is 7. The predicted octanol–water partition coefficient (Wildman–Crippen LogP) is 3.33. The van der Waals surface area contributed by atoms with Gasteiger partial charge in [-0.2, -0.15) is 0 Å². The number of thiazole rings is 1. The molecule has 33 heavy (non-hydrogen) atoms. The molecule has 0 radical (unpaired) electrons. The number of aliphatic hydroxyl groups is 1. The van der Waals surface area contributed by atoms with Gasteiger partial charge in [-0.3, -0.25) is 9.52 Å². The van der Waals surface area contributed by atoms with Crippen molar-refractivity contribution in [2.45, 2.75) is 36.7 Å². The molecule has 0 aliphatic carbocycles. The number of carbonyl (C=O) groups is 1. The van der Waals surface area contributed by atoms with Crippen molar-refractivity contribution < 1.29 is 27.1 Å². The van der Waals surface area contributed by atoms with Gasteiger partial charge in [-0.25, -0.2) is 22.2 Å². The second kappa shape index (κ2) is 8.50. The molecule has 8 nitrogen and oxygen atoms in total. The Kier molecular flexibility index (Phi) is 6.01. The molecule has 2 aromatic carbocycles. The maximum Gasteiger partial charge on any atom is 0.264 e. The van der Waals surface area contributed by atoms with Crippen LogP contribution < -0.4 is 10.5 Å². The summed E-state index contributed by atoms with van der Waals surface area (Å²) < 4.78 is 56.9. The number of nitrogens with one attached hydrogen (secondary N) is 1. The van der Waals surface area contributed by atoms with E-state index in [-0.39, 0.29) is 26.6 Å². The lowest BCUT2D eigenvalue weighted by Gasteiger charge is -2.37. The molecule has 176 valence electrons. The number of piperidine rings is 1. The van der Waals surface area contributed by atoms with Gasteiger partial charge in [0.2, 0.25) is 0 Å². The van der Waals surface area contributed by atoms with Crippen LogP contribution in [0.1, 0.15) is 36.5 Å². The predicted molar refractivity (Wildman–Crippen MR) is 122 cm³/mol. The first kappa shape index (κ1) is 23.3. The van der Waals surface area contributed by atoms with Crippen molar-refractivity contribution >= 4 is 48.3 Å². The number of carbonyl (C=O) groups excluding carboxylic acids is 1. The molecule has 3 aromatic rings. The Morgan fingerprint density at radius 2 is 1.97 bits per heavy atom. The van der Waals surface area contributed by atoms with Gasteiger partial charge in [-0.15, -0.1) is 0 Å². The Balaban J connectivity index is 1.56. The highest BCUT2D eigenvalue weighted by atomic mass is 32.2. The molecule has 0 unspecified atom stereocenters. The monoisotopic (exact) mass is 496 g/mol. The number of fused-ring (bicyclic) bond motifs is 1. The van der Waals surface area contributed by atoms with E-state index < -0.39 is 38.1 Å². The number of anilines is 2. The van der Waals surface area contributed by atoms with E-state index in [0.29, 0.717) is 32.4 Å². The minimum absolute atomic E-state index is 0.0100. The minimum atomic E-state index is -4.33. The van der Waals surface area contributed by atoms with Crippen LogP contribution in [0.4, 0.5) is 19.6 Å². The number of hydrogen-bond donors (Lipinski definition) is 3. The third kappa shape index (κ3) is 4.63. The zero-order valence-electron chi connectivity index (χ0n) is 17.6. The van der Waals surface area contributed by atoms with Gasteiger partial charge in [0, 0.05) is 13.1 Å². The number of likely N-dealkylation sites (tertiary alicyclic amines) is 1. The van der Waals surface area contributed by atoms with Gasteiger partial charge in [0.15, 0.2) is 5.13 Å². The van der Waals surface area contributed by atoms with Gasteiger partial charge in [0.25, 0.3) is 15.9 Å². The van der Waals surface area contributed by atoms with Gasteiger partial charge >= 0.3 is 0 Å². The van der Waals surface area contributed by atoms with Crippen LogP contribution >= 0.6 is 11.3 Å². The number of nitrogens with two attached hydrogens (primary N) is 1. The summed E-state index contributed by atoms with van der Waals surface area (Å²) in [6.07, 6.45) is 1.37.